The van der Waals surface area contributed by atoms with Gasteiger partial charge in [0.25, 0.3) is 5.91 Å². The van der Waals surface area contributed by atoms with Crippen molar-refractivity contribution in [3.05, 3.63) is 65.2 Å². The summed E-state index contributed by atoms with van der Waals surface area (Å²) in [5.74, 6) is -3.71. The van der Waals surface area contributed by atoms with Crippen LogP contribution in [0.25, 0.3) is 0 Å². The monoisotopic (exact) mass is 339 g/mol. The summed E-state index contributed by atoms with van der Waals surface area (Å²) in [6.45, 7) is 0. The van der Waals surface area contributed by atoms with Gasteiger partial charge < -0.3 is 10.4 Å². The molecule has 0 aliphatic carbocycles. The van der Waals surface area contributed by atoms with Crippen molar-refractivity contribution < 1.29 is 22.9 Å². The zero-order valence-electron chi connectivity index (χ0n) is 12.3. The topological polar surface area (TPSA) is 66.4 Å². The smallest absolute Gasteiger partial charge is 0.258 e. The lowest BCUT2D eigenvalue weighted by Crippen LogP contribution is -2.32. The Labute approximate surface area is 134 Å². The Morgan fingerprint density at radius 3 is 2.48 bits per heavy atom. The van der Waals surface area contributed by atoms with Crippen LogP contribution < -0.4 is 5.32 Å². The molecule has 7 heteroatoms. The maximum absolute atomic E-state index is 13.8. The van der Waals surface area contributed by atoms with Crippen LogP contribution in [-0.2, 0) is 10.8 Å². The summed E-state index contributed by atoms with van der Waals surface area (Å²) in [5.41, 5.74) is 0.0484. The second-order valence-electron chi connectivity index (χ2n) is 4.96. The minimum atomic E-state index is -1.21. The molecule has 2 aromatic rings. The van der Waals surface area contributed by atoms with Gasteiger partial charge in [0.1, 0.15) is 22.9 Å². The van der Waals surface area contributed by atoms with E-state index in [0.717, 1.165) is 0 Å². The van der Waals surface area contributed by atoms with E-state index in [1.165, 1.54) is 6.26 Å². The number of hydrogen-bond donors (Lipinski definition) is 2. The summed E-state index contributed by atoms with van der Waals surface area (Å²) >= 11 is 0. The number of nitrogens with one attached hydrogen (secondary N) is 1. The first kappa shape index (κ1) is 17.1. The largest absolute Gasteiger partial charge is 0.507 e. The summed E-state index contributed by atoms with van der Waals surface area (Å²) in [6.07, 6.45) is 1.48. The number of carbonyl (C=O) groups excluding carboxylic acids is 1. The maximum atomic E-state index is 13.8. The number of aromatic hydroxyl groups is 1. The van der Waals surface area contributed by atoms with Crippen LogP contribution in [0.1, 0.15) is 22.0 Å². The Morgan fingerprint density at radius 2 is 1.91 bits per heavy atom. The molecule has 0 aliphatic rings. The molecule has 0 bridgehead atoms. The van der Waals surface area contributed by atoms with Crippen LogP contribution in [0.2, 0.25) is 0 Å². The normalized spacial score (nSPS) is 13.3. The number of halogens is 2. The molecule has 0 spiro atoms. The minimum absolute atomic E-state index is 0.124. The average Bonchev–Trinajstić information content (AvgIpc) is 2.46. The Balaban J connectivity index is 2.30. The second-order valence-corrected chi connectivity index (χ2v) is 6.44. The van der Waals surface area contributed by atoms with E-state index in [-0.39, 0.29) is 5.75 Å². The van der Waals surface area contributed by atoms with Gasteiger partial charge in [0.15, 0.2) is 0 Å². The molecule has 0 heterocycles. The van der Waals surface area contributed by atoms with E-state index in [1.807, 2.05) is 0 Å². The molecular formula is C16H15F2NO3S. The van der Waals surface area contributed by atoms with Crippen LogP contribution in [0.4, 0.5) is 8.78 Å². The summed E-state index contributed by atoms with van der Waals surface area (Å²) in [7, 11) is -1.21. The Kier molecular flexibility index (Phi) is 5.44. The van der Waals surface area contributed by atoms with Crippen LogP contribution in [0.5, 0.6) is 5.75 Å². The summed E-state index contributed by atoms with van der Waals surface area (Å²) in [4.78, 5) is 12.2. The van der Waals surface area contributed by atoms with Gasteiger partial charge in [-0.2, -0.15) is 0 Å². The molecule has 122 valence electrons. The number of carbonyl (C=O) groups is 1. The highest BCUT2D eigenvalue weighted by Gasteiger charge is 2.22. The van der Waals surface area contributed by atoms with Gasteiger partial charge in [0.2, 0.25) is 0 Å². The highest BCUT2D eigenvalue weighted by molar-refractivity contribution is 7.84. The number of benzene rings is 2. The van der Waals surface area contributed by atoms with Crippen molar-refractivity contribution in [1.29, 1.82) is 0 Å². The minimum Gasteiger partial charge on any atom is -0.507 e. The van der Waals surface area contributed by atoms with Gasteiger partial charge in [-0.15, -0.1) is 0 Å². The highest BCUT2D eigenvalue weighted by Crippen LogP contribution is 2.23. The molecule has 0 fully saturated rings. The molecule has 1 amide bonds. The standard InChI is InChI=1S/C16H15F2NO3S/c1-23(22)9-13(10-5-3-2-4-6-10)19-16(21)15-12(18)7-11(17)8-14(15)20/h2-8,13,20H,9H2,1H3,(H,19,21)/t13-,23-/m0/s1. The van der Waals surface area contributed by atoms with E-state index in [2.05, 4.69) is 5.32 Å². The van der Waals surface area contributed by atoms with Crippen LogP contribution in [0.3, 0.4) is 0 Å². The predicted octanol–water partition coefficient (Wildman–Crippen LogP) is 2.52. The lowest BCUT2D eigenvalue weighted by atomic mass is 10.1. The molecule has 0 saturated carbocycles. The van der Waals surface area contributed by atoms with E-state index in [4.69, 9.17) is 0 Å². The highest BCUT2D eigenvalue weighted by atomic mass is 32.2. The molecule has 0 aromatic heterocycles. The van der Waals surface area contributed by atoms with Gasteiger partial charge in [0.05, 0.1) is 6.04 Å². The van der Waals surface area contributed by atoms with Gasteiger partial charge in [-0.1, -0.05) is 30.3 Å². The molecule has 2 N–H and O–H groups in total. The fraction of sp³-hybridized carbons (Fsp3) is 0.188. The predicted molar refractivity (Wildman–Crippen MR) is 83.6 cm³/mol. The van der Waals surface area contributed by atoms with Crippen molar-refractivity contribution in [3.8, 4) is 5.75 Å². The zero-order valence-corrected chi connectivity index (χ0v) is 13.1. The lowest BCUT2D eigenvalue weighted by molar-refractivity contribution is 0.0933. The SMILES string of the molecule is C[S@](=O)C[C@H](NC(=O)c1c(O)cc(F)cc1F)c1ccccc1. The fourth-order valence-corrected chi connectivity index (χ4v) is 2.90. The maximum Gasteiger partial charge on any atom is 0.258 e. The van der Waals surface area contributed by atoms with Crippen molar-refractivity contribution in [2.75, 3.05) is 12.0 Å². The summed E-state index contributed by atoms with van der Waals surface area (Å²) in [6, 6.07) is 9.32. The van der Waals surface area contributed by atoms with Crippen LogP contribution in [0, 0.1) is 11.6 Å². The molecule has 0 saturated heterocycles. The van der Waals surface area contributed by atoms with Gasteiger partial charge >= 0.3 is 0 Å². The van der Waals surface area contributed by atoms with Gasteiger partial charge in [-0.25, -0.2) is 8.78 Å². The zero-order chi connectivity index (χ0) is 17.0. The van der Waals surface area contributed by atoms with E-state index >= 15 is 0 Å². The lowest BCUT2D eigenvalue weighted by Gasteiger charge is -2.18. The van der Waals surface area contributed by atoms with Crippen molar-refractivity contribution in [1.82, 2.24) is 5.32 Å². The molecule has 4 nitrogen and oxygen atoms in total. The molecule has 0 aliphatic heterocycles. The first-order valence-corrected chi connectivity index (χ1v) is 8.45. The van der Waals surface area contributed by atoms with Crippen molar-refractivity contribution in [2.24, 2.45) is 0 Å². The van der Waals surface area contributed by atoms with Crippen molar-refractivity contribution >= 4 is 16.7 Å². The molecule has 2 atom stereocenters. The van der Waals surface area contributed by atoms with Crippen LogP contribution in [0.15, 0.2) is 42.5 Å². The first-order chi connectivity index (χ1) is 10.9. The molecular weight excluding hydrogens is 324 g/mol. The average molecular weight is 339 g/mol. The van der Waals surface area contributed by atoms with E-state index < -0.39 is 45.7 Å². The number of hydrogen-bond acceptors (Lipinski definition) is 3. The molecule has 0 unspecified atom stereocenters. The third-order valence-electron chi connectivity index (χ3n) is 3.17. The van der Waals surface area contributed by atoms with Crippen LogP contribution >= 0.6 is 0 Å². The second kappa shape index (κ2) is 7.32. The van der Waals surface area contributed by atoms with Gasteiger partial charge in [0, 0.05) is 34.9 Å². The molecule has 0 radical (unpaired) electrons. The fourth-order valence-electron chi connectivity index (χ4n) is 2.16. The summed E-state index contributed by atoms with van der Waals surface area (Å²) < 4.78 is 38.3. The van der Waals surface area contributed by atoms with E-state index in [0.29, 0.717) is 17.7 Å². The van der Waals surface area contributed by atoms with E-state index in [9.17, 15) is 22.9 Å². The Bertz CT molecular complexity index is 714. The molecule has 2 rings (SSSR count). The summed E-state index contributed by atoms with van der Waals surface area (Å²) in [5, 5.41) is 12.1. The Hall–Kier alpha value is -2.28. The van der Waals surface area contributed by atoms with Gasteiger partial charge in [-0.3, -0.25) is 9.00 Å². The van der Waals surface area contributed by atoms with E-state index in [1.54, 1.807) is 30.3 Å². The third-order valence-corrected chi connectivity index (χ3v) is 3.97. The van der Waals surface area contributed by atoms with Gasteiger partial charge in [-0.05, 0) is 5.56 Å². The first-order valence-electron chi connectivity index (χ1n) is 6.72. The quantitative estimate of drug-likeness (QED) is 0.880. The third kappa shape index (κ3) is 4.35. The number of phenolic OH excluding ortho intramolecular Hbond substituents is 1. The Morgan fingerprint density at radius 1 is 1.26 bits per heavy atom. The number of amides is 1. The molecule has 2 aromatic carbocycles. The van der Waals surface area contributed by atoms with Crippen molar-refractivity contribution in [2.45, 2.75) is 6.04 Å². The molecule has 23 heavy (non-hydrogen) atoms. The number of rotatable bonds is 5. The van der Waals surface area contributed by atoms with Crippen LogP contribution in [-0.4, -0.2) is 27.2 Å². The van der Waals surface area contributed by atoms with Crippen molar-refractivity contribution in [3.63, 3.8) is 0 Å². The number of phenols is 1.